The maximum Gasteiger partial charge on any atom is 0.0495 e. The lowest BCUT2D eigenvalue weighted by Gasteiger charge is -2.03. The van der Waals surface area contributed by atoms with Gasteiger partial charge in [-0.15, -0.1) is 0 Å². The van der Waals surface area contributed by atoms with E-state index in [0.717, 1.165) is 12.8 Å². The molecular formula is C6H10IN3O. The fourth-order valence-corrected chi connectivity index (χ4v) is 2.55. The lowest BCUT2D eigenvalue weighted by Crippen LogP contribution is -2.08. The van der Waals surface area contributed by atoms with E-state index >= 15 is 0 Å². The molecule has 0 aromatic carbocycles. The van der Waals surface area contributed by atoms with Gasteiger partial charge < -0.3 is 5.11 Å². The first-order valence-electron chi connectivity index (χ1n) is 3.57. The van der Waals surface area contributed by atoms with Gasteiger partial charge in [-0.3, -0.25) is 0 Å². The number of hydrogen-bond donors (Lipinski definition) is 1. The van der Waals surface area contributed by atoms with Crippen LogP contribution in [0.3, 0.4) is 0 Å². The molecule has 0 amide bonds. The van der Waals surface area contributed by atoms with Crippen molar-refractivity contribution in [1.82, 2.24) is 0 Å². The van der Waals surface area contributed by atoms with Gasteiger partial charge in [-0.2, -0.15) is 0 Å². The third kappa shape index (κ3) is 2.21. The zero-order valence-corrected chi connectivity index (χ0v) is 8.18. The monoisotopic (exact) mass is 267 g/mol. The molecule has 0 aliphatic heterocycles. The summed E-state index contributed by atoms with van der Waals surface area (Å²) in [5.74, 6) is 0.340. The lowest BCUT2D eigenvalue weighted by atomic mass is 10.1. The van der Waals surface area contributed by atoms with E-state index in [2.05, 4.69) is 32.6 Å². The average Bonchev–Trinajstić information content (AvgIpc) is 2.33. The quantitative estimate of drug-likeness (QED) is 0.268. The predicted octanol–water partition coefficient (Wildman–Crippen LogP) is 1.87. The lowest BCUT2D eigenvalue weighted by molar-refractivity contribution is 0.229. The van der Waals surface area contributed by atoms with Gasteiger partial charge in [-0.05, 0) is 24.3 Å². The summed E-state index contributed by atoms with van der Waals surface area (Å²) < 4.78 is 0.403. The van der Waals surface area contributed by atoms with Crippen LogP contribution in [0.1, 0.15) is 12.8 Å². The van der Waals surface area contributed by atoms with Crippen molar-refractivity contribution < 1.29 is 5.11 Å². The van der Waals surface area contributed by atoms with Gasteiger partial charge in [0.25, 0.3) is 0 Å². The molecule has 62 valence electrons. The van der Waals surface area contributed by atoms with Crippen molar-refractivity contribution >= 4 is 22.6 Å². The molecule has 1 rings (SSSR count). The average molecular weight is 267 g/mol. The molecular weight excluding hydrogens is 257 g/mol. The molecule has 1 N–H and O–H groups in total. The highest BCUT2D eigenvalue weighted by molar-refractivity contribution is 14.1. The summed E-state index contributed by atoms with van der Waals surface area (Å²) >= 11 is 2.28. The minimum absolute atomic E-state index is 0.0951. The number of aliphatic hydroxyl groups is 1. The van der Waals surface area contributed by atoms with Gasteiger partial charge in [0.1, 0.15) is 0 Å². The van der Waals surface area contributed by atoms with E-state index in [1.165, 1.54) is 0 Å². The van der Waals surface area contributed by atoms with Crippen molar-refractivity contribution in [3.05, 3.63) is 10.4 Å². The summed E-state index contributed by atoms with van der Waals surface area (Å²) in [6.45, 7) is 0.219. The Bertz CT molecular complexity index is 181. The smallest absolute Gasteiger partial charge is 0.0495 e. The van der Waals surface area contributed by atoms with Gasteiger partial charge in [0, 0.05) is 21.5 Å². The van der Waals surface area contributed by atoms with Crippen LogP contribution in [0.15, 0.2) is 5.11 Å². The summed E-state index contributed by atoms with van der Waals surface area (Å²) in [5.41, 5.74) is 8.20. The molecule has 1 aliphatic carbocycles. The molecule has 0 aromatic heterocycles. The number of alkyl halides is 1. The third-order valence-electron chi connectivity index (χ3n) is 2.01. The van der Waals surface area contributed by atoms with Crippen molar-refractivity contribution in [3.63, 3.8) is 0 Å². The Balaban J connectivity index is 2.51. The van der Waals surface area contributed by atoms with Gasteiger partial charge in [0.05, 0.1) is 0 Å². The molecule has 11 heavy (non-hydrogen) atoms. The predicted molar refractivity (Wildman–Crippen MR) is 50.6 cm³/mol. The second-order valence-electron chi connectivity index (χ2n) is 2.81. The summed E-state index contributed by atoms with van der Waals surface area (Å²) in [4.78, 5) is 2.78. The van der Waals surface area contributed by atoms with Crippen LogP contribution in [-0.4, -0.2) is 21.7 Å². The number of hydrogen-bond acceptors (Lipinski definition) is 2. The number of nitrogens with zero attached hydrogens (tertiary/aromatic N) is 3. The van der Waals surface area contributed by atoms with E-state index < -0.39 is 0 Å². The molecule has 0 spiro atoms. The highest BCUT2D eigenvalue weighted by atomic mass is 127. The van der Waals surface area contributed by atoms with Crippen molar-refractivity contribution in [2.75, 3.05) is 6.61 Å². The Morgan fingerprint density at radius 2 is 2.36 bits per heavy atom. The van der Waals surface area contributed by atoms with E-state index in [9.17, 15) is 0 Å². The van der Waals surface area contributed by atoms with Crippen LogP contribution in [0.5, 0.6) is 0 Å². The molecule has 0 heterocycles. The Kier molecular flexibility index (Phi) is 3.42. The maximum absolute atomic E-state index is 8.83. The highest BCUT2D eigenvalue weighted by Gasteiger charge is 2.30. The normalized spacial score (nSPS) is 36.7. The molecule has 0 radical (unpaired) electrons. The molecule has 5 heteroatoms. The summed E-state index contributed by atoms with van der Waals surface area (Å²) in [6.07, 6.45) is 1.81. The minimum atomic E-state index is 0.0951. The SMILES string of the molecule is [N-]=[N+]=N[C@H]1C[C@@H](CO)C[C@@H]1I. The van der Waals surface area contributed by atoms with Gasteiger partial charge in [-0.1, -0.05) is 27.7 Å². The number of aliphatic hydroxyl groups excluding tert-OH is 1. The molecule has 1 saturated carbocycles. The number of rotatable bonds is 2. The third-order valence-corrected chi connectivity index (χ3v) is 3.35. The van der Waals surface area contributed by atoms with Crippen LogP contribution in [-0.2, 0) is 0 Å². The summed E-state index contributed by atoms with van der Waals surface area (Å²) in [5, 5.41) is 12.5. The Morgan fingerprint density at radius 3 is 2.82 bits per heavy atom. The van der Waals surface area contributed by atoms with Crippen molar-refractivity contribution in [2.24, 2.45) is 11.0 Å². The molecule has 0 bridgehead atoms. The Hall–Kier alpha value is 0. The van der Waals surface area contributed by atoms with Crippen LogP contribution in [0.25, 0.3) is 10.4 Å². The standard InChI is InChI=1S/C6H10IN3O/c7-5-1-4(3-11)2-6(5)9-10-8/h4-6,11H,1-3H2/t4-,5-,6-/m0/s1. The van der Waals surface area contributed by atoms with Crippen molar-refractivity contribution in [3.8, 4) is 0 Å². The van der Waals surface area contributed by atoms with Gasteiger partial charge >= 0.3 is 0 Å². The molecule has 0 saturated heterocycles. The second-order valence-corrected chi connectivity index (χ2v) is 4.41. The van der Waals surface area contributed by atoms with Crippen molar-refractivity contribution in [2.45, 2.75) is 22.8 Å². The zero-order chi connectivity index (χ0) is 8.27. The molecule has 1 aliphatic rings. The van der Waals surface area contributed by atoms with Gasteiger partial charge in [0.15, 0.2) is 0 Å². The van der Waals surface area contributed by atoms with E-state index in [0.29, 0.717) is 9.84 Å². The van der Waals surface area contributed by atoms with Crippen LogP contribution >= 0.6 is 22.6 Å². The van der Waals surface area contributed by atoms with Crippen LogP contribution < -0.4 is 0 Å². The number of halogens is 1. The summed E-state index contributed by atoms with van der Waals surface area (Å²) in [6, 6.07) is 0.0951. The van der Waals surface area contributed by atoms with Crippen LogP contribution in [0, 0.1) is 5.92 Å². The van der Waals surface area contributed by atoms with E-state index in [1.807, 2.05) is 0 Å². The number of azide groups is 1. The fourth-order valence-electron chi connectivity index (χ4n) is 1.40. The first-order chi connectivity index (χ1) is 5.27. The maximum atomic E-state index is 8.83. The van der Waals surface area contributed by atoms with Crippen LogP contribution in [0.4, 0.5) is 0 Å². The van der Waals surface area contributed by atoms with Gasteiger partial charge in [0.2, 0.25) is 0 Å². The highest BCUT2D eigenvalue weighted by Crippen LogP contribution is 2.33. The van der Waals surface area contributed by atoms with E-state index in [1.54, 1.807) is 0 Å². The first kappa shape index (κ1) is 9.09. The van der Waals surface area contributed by atoms with Gasteiger partial charge in [-0.25, -0.2) is 0 Å². The molecule has 3 atom stereocenters. The van der Waals surface area contributed by atoms with Crippen LogP contribution in [0.2, 0.25) is 0 Å². The molecule has 0 aromatic rings. The van der Waals surface area contributed by atoms with E-state index in [4.69, 9.17) is 10.6 Å². The zero-order valence-electron chi connectivity index (χ0n) is 6.02. The molecule has 4 nitrogen and oxygen atoms in total. The fraction of sp³-hybridized carbons (Fsp3) is 1.00. The Morgan fingerprint density at radius 1 is 1.64 bits per heavy atom. The summed E-state index contributed by atoms with van der Waals surface area (Å²) in [7, 11) is 0. The Labute approximate surface area is 78.7 Å². The topological polar surface area (TPSA) is 69.0 Å². The van der Waals surface area contributed by atoms with Crippen molar-refractivity contribution in [1.29, 1.82) is 0 Å². The first-order valence-corrected chi connectivity index (χ1v) is 4.81. The largest absolute Gasteiger partial charge is 0.396 e. The molecule has 1 fully saturated rings. The molecule has 0 unspecified atom stereocenters. The minimum Gasteiger partial charge on any atom is -0.396 e. The second kappa shape index (κ2) is 4.13. The van der Waals surface area contributed by atoms with E-state index in [-0.39, 0.29) is 12.6 Å².